The molecular weight excluding hydrogens is 194 g/mol. The van der Waals surface area contributed by atoms with E-state index < -0.39 is 11.4 Å². The van der Waals surface area contributed by atoms with Crippen molar-refractivity contribution in [1.29, 1.82) is 0 Å². The molecule has 0 aliphatic heterocycles. The molecule has 0 saturated carbocycles. The molecule has 0 radical (unpaired) electrons. The van der Waals surface area contributed by atoms with E-state index in [9.17, 15) is 9.59 Å². The Morgan fingerprint density at radius 2 is 2.07 bits per heavy atom. The maximum absolute atomic E-state index is 11.3. The van der Waals surface area contributed by atoms with Crippen LogP contribution in [0, 0.1) is 17.8 Å². The molecule has 84 valence electrons. The van der Waals surface area contributed by atoms with Gasteiger partial charge in [-0.05, 0) is 20.3 Å². The number of hydrogen-bond acceptors (Lipinski definition) is 2. The molecule has 1 amide bonds. The SMILES string of the molecule is C#CCCCNC(=O)CC(C)(C)C(=O)O. The van der Waals surface area contributed by atoms with Crippen molar-refractivity contribution in [3.8, 4) is 12.3 Å². The zero-order chi connectivity index (χ0) is 11.9. The topological polar surface area (TPSA) is 66.4 Å². The quantitative estimate of drug-likeness (QED) is 0.509. The second-order valence-corrected chi connectivity index (χ2v) is 4.02. The molecule has 0 aliphatic carbocycles. The first-order valence-corrected chi connectivity index (χ1v) is 4.83. The molecular formula is C11H17NO3. The van der Waals surface area contributed by atoms with Crippen LogP contribution in [0.1, 0.15) is 33.1 Å². The molecule has 0 saturated heterocycles. The molecule has 0 unspecified atom stereocenters. The first-order chi connectivity index (χ1) is 6.90. The van der Waals surface area contributed by atoms with Crippen LogP contribution < -0.4 is 5.32 Å². The van der Waals surface area contributed by atoms with Gasteiger partial charge in [-0.1, -0.05) is 0 Å². The third-order valence-corrected chi connectivity index (χ3v) is 2.00. The van der Waals surface area contributed by atoms with E-state index in [-0.39, 0.29) is 12.3 Å². The van der Waals surface area contributed by atoms with Gasteiger partial charge in [-0.2, -0.15) is 0 Å². The van der Waals surface area contributed by atoms with Gasteiger partial charge < -0.3 is 10.4 Å². The van der Waals surface area contributed by atoms with Gasteiger partial charge in [0, 0.05) is 19.4 Å². The van der Waals surface area contributed by atoms with E-state index >= 15 is 0 Å². The summed E-state index contributed by atoms with van der Waals surface area (Å²) in [5.74, 6) is 1.24. The fraction of sp³-hybridized carbons (Fsp3) is 0.636. The lowest BCUT2D eigenvalue weighted by Crippen LogP contribution is -2.33. The Balaban J connectivity index is 3.85. The molecule has 0 aliphatic rings. The first-order valence-electron chi connectivity index (χ1n) is 4.83. The summed E-state index contributed by atoms with van der Waals surface area (Å²) in [6.07, 6.45) is 6.36. The van der Waals surface area contributed by atoms with Gasteiger partial charge in [-0.15, -0.1) is 12.3 Å². The number of nitrogens with one attached hydrogen (secondary N) is 1. The minimum Gasteiger partial charge on any atom is -0.481 e. The Kier molecular flexibility index (Phi) is 5.46. The fourth-order valence-electron chi connectivity index (χ4n) is 0.958. The number of carbonyl (C=O) groups is 2. The monoisotopic (exact) mass is 211 g/mol. The zero-order valence-corrected chi connectivity index (χ0v) is 9.17. The summed E-state index contributed by atoms with van der Waals surface area (Å²) >= 11 is 0. The standard InChI is InChI=1S/C11H17NO3/c1-4-5-6-7-12-9(13)8-11(2,3)10(14)15/h1H,5-8H2,2-3H3,(H,12,13)(H,14,15). The van der Waals surface area contributed by atoms with Crippen LogP contribution in [-0.4, -0.2) is 23.5 Å². The molecule has 0 aromatic carbocycles. The van der Waals surface area contributed by atoms with E-state index in [1.54, 1.807) is 0 Å². The average molecular weight is 211 g/mol. The molecule has 0 aromatic heterocycles. The van der Waals surface area contributed by atoms with Gasteiger partial charge in [-0.25, -0.2) is 0 Å². The minimum atomic E-state index is -1.02. The molecule has 2 N–H and O–H groups in total. The van der Waals surface area contributed by atoms with Crippen LogP contribution in [0.15, 0.2) is 0 Å². The first kappa shape index (κ1) is 13.5. The van der Waals surface area contributed by atoms with Crippen molar-refractivity contribution >= 4 is 11.9 Å². The Morgan fingerprint density at radius 1 is 1.47 bits per heavy atom. The van der Waals surface area contributed by atoms with Crippen molar-refractivity contribution in [2.45, 2.75) is 33.1 Å². The van der Waals surface area contributed by atoms with Crippen molar-refractivity contribution in [3.05, 3.63) is 0 Å². The lowest BCUT2D eigenvalue weighted by atomic mass is 9.89. The van der Waals surface area contributed by atoms with E-state index in [2.05, 4.69) is 11.2 Å². The van der Waals surface area contributed by atoms with Crippen molar-refractivity contribution in [1.82, 2.24) is 5.32 Å². The average Bonchev–Trinajstić information content (AvgIpc) is 2.11. The van der Waals surface area contributed by atoms with E-state index in [0.29, 0.717) is 13.0 Å². The number of hydrogen-bond donors (Lipinski definition) is 2. The predicted octanol–water partition coefficient (Wildman–Crippen LogP) is 1.02. The molecule has 0 bridgehead atoms. The number of rotatable bonds is 6. The highest BCUT2D eigenvalue weighted by Crippen LogP contribution is 2.19. The van der Waals surface area contributed by atoms with Crippen LogP contribution >= 0.6 is 0 Å². The fourth-order valence-corrected chi connectivity index (χ4v) is 0.958. The summed E-state index contributed by atoms with van der Waals surface area (Å²) in [4.78, 5) is 22.0. The summed E-state index contributed by atoms with van der Waals surface area (Å²) in [6, 6.07) is 0. The smallest absolute Gasteiger partial charge is 0.309 e. The number of amides is 1. The molecule has 0 aromatic rings. The highest BCUT2D eigenvalue weighted by Gasteiger charge is 2.29. The number of terminal acetylenes is 1. The highest BCUT2D eigenvalue weighted by atomic mass is 16.4. The largest absolute Gasteiger partial charge is 0.481 e. The second kappa shape index (κ2) is 6.07. The van der Waals surface area contributed by atoms with Gasteiger partial charge in [0.15, 0.2) is 0 Å². The molecule has 0 rings (SSSR count). The summed E-state index contributed by atoms with van der Waals surface area (Å²) in [6.45, 7) is 3.55. The van der Waals surface area contributed by atoms with Crippen LogP contribution in [-0.2, 0) is 9.59 Å². The third kappa shape index (κ3) is 5.74. The second-order valence-electron chi connectivity index (χ2n) is 4.02. The Morgan fingerprint density at radius 3 is 2.53 bits per heavy atom. The Bertz CT molecular complexity index is 276. The summed E-state index contributed by atoms with van der Waals surface area (Å²) in [7, 11) is 0. The molecule has 4 heteroatoms. The van der Waals surface area contributed by atoms with E-state index in [1.165, 1.54) is 13.8 Å². The number of unbranched alkanes of at least 4 members (excludes halogenated alkanes) is 1. The number of carbonyl (C=O) groups excluding carboxylic acids is 1. The molecule has 15 heavy (non-hydrogen) atoms. The van der Waals surface area contributed by atoms with Gasteiger partial charge >= 0.3 is 5.97 Å². The lowest BCUT2D eigenvalue weighted by Gasteiger charge is -2.17. The highest BCUT2D eigenvalue weighted by molar-refractivity contribution is 5.84. The Hall–Kier alpha value is -1.50. The number of carboxylic acids is 1. The molecule has 0 spiro atoms. The van der Waals surface area contributed by atoms with Gasteiger partial charge in [0.05, 0.1) is 5.41 Å². The molecule has 0 fully saturated rings. The van der Waals surface area contributed by atoms with Gasteiger partial charge in [0.25, 0.3) is 0 Å². The van der Waals surface area contributed by atoms with E-state index in [0.717, 1.165) is 6.42 Å². The van der Waals surface area contributed by atoms with Crippen LogP contribution in [0.2, 0.25) is 0 Å². The van der Waals surface area contributed by atoms with Crippen LogP contribution in [0.5, 0.6) is 0 Å². The molecule has 4 nitrogen and oxygen atoms in total. The van der Waals surface area contributed by atoms with Crippen LogP contribution in [0.25, 0.3) is 0 Å². The minimum absolute atomic E-state index is 0.0155. The van der Waals surface area contributed by atoms with Gasteiger partial charge in [0.1, 0.15) is 0 Å². The maximum Gasteiger partial charge on any atom is 0.309 e. The van der Waals surface area contributed by atoms with Crippen molar-refractivity contribution in [3.63, 3.8) is 0 Å². The van der Waals surface area contributed by atoms with E-state index in [4.69, 9.17) is 11.5 Å². The van der Waals surface area contributed by atoms with Crippen LogP contribution in [0.3, 0.4) is 0 Å². The predicted molar refractivity (Wildman–Crippen MR) is 57.1 cm³/mol. The number of carboxylic acid groups (broad SMARTS) is 1. The molecule has 0 atom stereocenters. The Labute approximate surface area is 90.1 Å². The summed E-state index contributed by atoms with van der Waals surface area (Å²) in [5, 5.41) is 11.4. The maximum atomic E-state index is 11.3. The zero-order valence-electron chi connectivity index (χ0n) is 9.17. The summed E-state index contributed by atoms with van der Waals surface area (Å²) in [5.41, 5.74) is -1.02. The van der Waals surface area contributed by atoms with Crippen LogP contribution in [0.4, 0.5) is 0 Å². The third-order valence-electron chi connectivity index (χ3n) is 2.00. The van der Waals surface area contributed by atoms with Crippen molar-refractivity contribution in [2.75, 3.05) is 6.54 Å². The lowest BCUT2D eigenvalue weighted by molar-refractivity contribution is -0.149. The number of aliphatic carboxylic acids is 1. The van der Waals surface area contributed by atoms with Crippen molar-refractivity contribution < 1.29 is 14.7 Å². The normalized spacial score (nSPS) is 10.5. The van der Waals surface area contributed by atoms with Crippen molar-refractivity contribution in [2.24, 2.45) is 5.41 Å². The van der Waals surface area contributed by atoms with Gasteiger partial charge in [0.2, 0.25) is 5.91 Å². The summed E-state index contributed by atoms with van der Waals surface area (Å²) < 4.78 is 0. The van der Waals surface area contributed by atoms with E-state index in [1.807, 2.05) is 0 Å². The molecule has 0 heterocycles. The van der Waals surface area contributed by atoms with Gasteiger partial charge in [-0.3, -0.25) is 9.59 Å².